The molecule has 5 heterocycles. The number of rotatable bonds is 7. The average Bonchev–Trinajstić information content (AvgIpc) is 3.45. The van der Waals surface area contributed by atoms with E-state index in [2.05, 4.69) is 28.7 Å². The zero-order chi connectivity index (χ0) is 37.9. The first-order chi connectivity index (χ1) is 25.8. The quantitative estimate of drug-likeness (QED) is 0.207. The number of anilines is 1. The summed E-state index contributed by atoms with van der Waals surface area (Å²) in [5.74, 6) is -1.02. The molecule has 13 heteroatoms. The summed E-state index contributed by atoms with van der Waals surface area (Å²) < 4.78 is 66.3. The monoisotopic (exact) mass is 749 g/mol. The zero-order valence-corrected chi connectivity index (χ0v) is 31.5. The highest BCUT2D eigenvalue weighted by molar-refractivity contribution is 6.01. The number of hydrogen-bond acceptors (Lipinski definition) is 10. The van der Waals surface area contributed by atoms with Gasteiger partial charge in [0.1, 0.15) is 40.4 Å². The lowest BCUT2D eigenvalue weighted by atomic mass is 9.73. The van der Waals surface area contributed by atoms with Gasteiger partial charge < -0.3 is 29.3 Å². The van der Waals surface area contributed by atoms with E-state index in [1.165, 1.54) is 24.4 Å². The van der Waals surface area contributed by atoms with Crippen LogP contribution >= 0.6 is 0 Å². The highest BCUT2D eigenvalue weighted by atomic mass is 19.1. The molecule has 0 radical (unpaired) electrons. The molecule has 4 aliphatic rings. The number of fused-ring (bicyclic) bond motifs is 3. The minimum Gasteiger partial charge on any atom is -0.508 e. The van der Waals surface area contributed by atoms with Crippen molar-refractivity contribution in [3.05, 3.63) is 47.7 Å². The lowest BCUT2D eigenvalue weighted by molar-refractivity contribution is -0.110. The maximum atomic E-state index is 17.1. The molecule has 10 nitrogen and oxygen atoms in total. The fourth-order valence-electron chi connectivity index (χ4n) is 9.95. The minimum atomic E-state index is -1.22. The molecule has 290 valence electrons. The van der Waals surface area contributed by atoms with Gasteiger partial charge in [-0.15, -0.1) is 0 Å². The summed E-state index contributed by atoms with van der Waals surface area (Å²) in [6.07, 6.45) is 5.71. The molecule has 54 heavy (non-hydrogen) atoms. The molecule has 1 saturated carbocycles. The van der Waals surface area contributed by atoms with Crippen molar-refractivity contribution in [3.63, 3.8) is 0 Å². The second kappa shape index (κ2) is 14.4. The van der Waals surface area contributed by atoms with E-state index in [4.69, 9.17) is 19.2 Å². The third kappa shape index (κ3) is 6.86. The number of ether oxygens (including phenoxy) is 3. The van der Waals surface area contributed by atoms with Crippen LogP contribution in [0.15, 0.2) is 30.5 Å². The van der Waals surface area contributed by atoms with Crippen LogP contribution in [0.5, 0.6) is 11.8 Å². The number of hydrogen-bond donors (Lipinski definition) is 2. The second-order valence-electron chi connectivity index (χ2n) is 16.4. The number of piperidine rings is 1. The normalized spacial score (nSPS) is 30.8. The van der Waals surface area contributed by atoms with Gasteiger partial charge in [0.25, 0.3) is 0 Å². The molecule has 4 aromatic rings. The van der Waals surface area contributed by atoms with Gasteiger partial charge in [0.05, 0.1) is 44.0 Å². The number of likely N-dealkylation sites (tertiary alicyclic amines) is 1. The van der Waals surface area contributed by atoms with E-state index in [0.29, 0.717) is 60.1 Å². The zero-order valence-electron chi connectivity index (χ0n) is 31.5. The van der Waals surface area contributed by atoms with Crippen molar-refractivity contribution in [2.75, 3.05) is 44.4 Å². The molecule has 2 N–H and O–H groups in total. The highest BCUT2D eigenvalue weighted by Gasteiger charge is 2.53. The van der Waals surface area contributed by atoms with E-state index in [-0.39, 0.29) is 72.6 Å². The van der Waals surface area contributed by atoms with Gasteiger partial charge in [0.2, 0.25) is 0 Å². The van der Waals surface area contributed by atoms with Gasteiger partial charge in [0.15, 0.2) is 5.82 Å². The molecule has 6 atom stereocenters. The molecule has 0 amide bonds. The molecule has 0 bridgehead atoms. The Kier molecular flexibility index (Phi) is 9.89. The molecule has 6 unspecified atom stereocenters. The minimum absolute atomic E-state index is 0.0692. The Morgan fingerprint density at radius 1 is 1.11 bits per heavy atom. The van der Waals surface area contributed by atoms with Gasteiger partial charge >= 0.3 is 6.01 Å². The highest BCUT2D eigenvalue weighted by Crippen LogP contribution is 2.50. The van der Waals surface area contributed by atoms with Crippen LogP contribution in [0.25, 0.3) is 32.9 Å². The van der Waals surface area contributed by atoms with Gasteiger partial charge in [-0.05, 0) is 93.8 Å². The third-order valence-electron chi connectivity index (χ3n) is 12.1. The average molecular weight is 750 g/mol. The van der Waals surface area contributed by atoms with Crippen molar-refractivity contribution in [1.29, 1.82) is 0 Å². The molecule has 3 saturated heterocycles. The molecule has 2 aromatic heterocycles. The molecular weight excluding hydrogens is 699 g/mol. The topological polar surface area (TPSA) is 113 Å². The van der Waals surface area contributed by atoms with E-state index in [9.17, 15) is 10.2 Å². The van der Waals surface area contributed by atoms with Crippen molar-refractivity contribution in [1.82, 2.24) is 19.9 Å². The Hall–Kier alpha value is -3.78. The molecule has 4 fully saturated rings. The van der Waals surface area contributed by atoms with Crippen molar-refractivity contribution >= 4 is 27.5 Å². The Labute approximate surface area is 313 Å². The smallest absolute Gasteiger partial charge is 0.319 e. The van der Waals surface area contributed by atoms with Crippen LogP contribution in [0.3, 0.4) is 0 Å². The number of aromatic hydroxyl groups is 1. The van der Waals surface area contributed by atoms with Crippen LogP contribution in [0.1, 0.15) is 71.8 Å². The number of pyridine rings is 1. The van der Waals surface area contributed by atoms with Gasteiger partial charge in [-0.1, -0.05) is 19.4 Å². The van der Waals surface area contributed by atoms with Crippen molar-refractivity contribution in [3.8, 4) is 23.0 Å². The fraction of sp³-hybridized carbons (Fsp3) is 0.585. The van der Waals surface area contributed by atoms with Crippen LogP contribution in [0.2, 0.25) is 0 Å². The van der Waals surface area contributed by atoms with E-state index in [1.54, 1.807) is 13.0 Å². The number of phenolic OH excluding ortho intramolecular Hbond substituents is 1. The molecule has 1 aliphatic carbocycles. The number of phenols is 1. The number of halogens is 3. The van der Waals surface area contributed by atoms with Crippen LogP contribution in [-0.2, 0) is 15.9 Å². The number of alkyl halides is 1. The first kappa shape index (κ1) is 37.2. The SMILES string of the molecule is CCc1c(F)ccc2cc(O)cc(-c3ncc4c(N5CCOCC(C)(O)C5)nc(OCC56CCCC5N(C5CC(C)OC(C)C5)CC(F)C6)nc4c3F)c12. The lowest BCUT2D eigenvalue weighted by Gasteiger charge is -2.52. The van der Waals surface area contributed by atoms with Crippen LogP contribution in [0.4, 0.5) is 19.0 Å². The van der Waals surface area contributed by atoms with E-state index in [1.807, 2.05) is 11.8 Å². The Bertz CT molecular complexity index is 2040. The summed E-state index contributed by atoms with van der Waals surface area (Å²) in [5, 5.41) is 23.1. The number of aliphatic hydroxyl groups is 1. The lowest BCUT2D eigenvalue weighted by Crippen LogP contribution is -2.60. The third-order valence-corrected chi connectivity index (χ3v) is 12.1. The maximum Gasteiger partial charge on any atom is 0.319 e. The Balaban J connectivity index is 1.22. The van der Waals surface area contributed by atoms with E-state index < -0.39 is 28.8 Å². The first-order valence-corrected chi connectivity index (χ1v) is 19.4. The standard InChI is InChI=1S/C41H50F3N5O5/c1-5-29-32(43)9-8-25-15-28(50)16-30(34(25)29)36-35(44)37-31(18-45-36)38(48-11-12-52-21-40(4,51)20-48)47-39(46-37)53-22-41-10-6-7-33(41)49(19-26(42)17-41)27-13-23(2)54-24(3)14-27/h8-9,15-16,18,23-24,26-27,33,50-51H,5-7,10-14,17,19-22H2,1-4H3. The van der Waals surface area contributed by atoms with Crippen LogP contribution in [-0.4, -0.2) is 106 Å². The predicted molar refractivity (Wildman–Crippen MR) is 200 cm³/mol. The second-order valence-corrected chi connectivity index (χ2v) is 16.4. The molecular formula is C41H50F3N5O5. The molecule has 8 rings (SSSR count). The summed E-state index contributed by atoms with van der Waals surface area (Å²) in [6, 6.07) is 6.06. The number of aryl methyl sites for hydroxylation is 1. The number of β-amino-alcohol motifs (C(OH)–C–C–N with tert-alkyl or cyclic N) is 1. The molecule has 3 aliphatic heterocycles. The number of benzene rings is 2. The van der Waals surface area contributed by atoms with Crippen molar-refractivity contribution in [2.45, 2.75) is 109 Å². The van der Waals surface area contributed by atoms with Gasteiger partial charge in [-0.3, -0.25) is 9.88 Å². The Morgan fingerprint density at radius 2 is 1.91 bits per heavy atom. The predicted octanol–water partition coefficient (Wildman–Crippen LogP) is 6.90. The van der Waals surface area contributed by atoms with Crippen LogP contribution < -0.4 is 9.64 Å². The molecule has 0 spiro atoms. The Morgan fingerprint density at radius 3 is 2.69 bits per heavy atom. The fourth-order valence-corrected chi connectivity index (χ4v) is 9.95. The van der Waals surface area contributed by atoms with E-state index in [0.717, 1.165) is 32.1 Å². The first-order valence-electron chi connectivity index (χ1n) is 19.4. The summed E-state index contributed by atoms with van der Waals surface area (Å²) in [7, 11) is 0. The number of nitrogens with zero attached hydrogens (tertiary/aromatic N) is 5. The largest absolute Gasteiger partial charge is 0.508 e. The summed E-state index contributed by atoms with van der Waals surface area (Å²) >= 11 is 0. The molecule has 2 aromatic carbocycles. The number of aromatic nitrogens is 3. The van der Waals surface area contributed by atoms with Gasteiger partial charge in [-0.2, -0.15) is 9.97 Å². The summed E-state index contributed by atoms with van der Waals surface area (Å²) in [5.41, 5.74) is -1.28. The van der Waals surface area contributed by atoms with E-state index >= 15 is 13.2 Å². The van der Waals surface area contributed by atoms with Crippen molar-refractivity contribution in [2.24, 2.45) is 5.41 Å². The summed E-state index contributed by atoms with van der Waals surface area (Å²) in [4.78, 5) is 18.2. The van der Waals surface area contributed by atoms with Crippen LogP contribution in [0, 0.1) is 17.0 Å². The van der Waals surface area contributed by atoms with Gasteiger partial charge in [0, 0.05) is 42.3 Å². The maximum absolute atomic E-state index is 17.1. The van der Waals surface area contributed by atoms with Crippen molar-refractivity contribution < 1.29 is 37.6 Å². The summed E-state index contributed by atoms with van der Waals surface area (Å²) in [6.45, 7) is 9.11. The van der Waals surface area contributed by atoms with Gasteiger partial charge in [-0.25, -0.2) is 13.2 Å².